The van der Waals surface area contributed by atoms with Crippen LogP contribution in [0.3, 0.4) is 0 Å². The predicted octanol–water partition coefficient (Wildman–Crippen LogP) is -1.13. The number of pyridine rings is 1. The minimum atomic E-state index is -1.41. The molecule has 0 saturated heterocycles. The molecular formula is C25H31FNNaO6. The summed E-state index contributed by atoms with van der Waals surface area (Å²) in [5.41, 5.74) is 3.50. The summed E-state index contributed by atoms with van der Waals surface area (Å²) >= 11 is 0. The molecule has 34 heavy (non-hydrogen) atoms. The van der Waals surface area contributed by atoms with Gasteiger partial charge in [-0.1, -0.05) is 45.1 Å². The van der Waals surface area contributed by atoms with E-state index in [0.717, 1.165) is 0 Å². The molecule has 0 unspecified atom stereocenters. The zero-order chi connectivity index (χ0) is 24.7. The van der Waals surface area contributed by atoms with Crippen molar-refractivity contribution >= 4 is 12.0 Å². The van der Waals surface area contributed by atoms with Crippen LogP contribution in [-0.2, 0) is 11.4 Å². The van der Waals surface area contributed by atoms with Gasteiger partial charge < -0.3 is 30.3 Å². The first-order valence-corrected chi connectivity index (χ1v) is 10.9. The van der Waals surface area contributed by atoms with Gasteiger partial charge in [0.2, 0.25) is 0 Å². The largest absolute Gasteiger partial charge is 1.00 e. The molecule has 0 saturated carbocycles. The molecule has 180 valence electrons. The van der Waals surface area contributed by atoms with Gasteiger partial charge in [-0.2, -0.15) is 0 Å². The van der Waals surface area contributed by atoms with Gasteiger partial charge in [0.05, 0.1) is 36.8 Å². The number of carbonyl (C=O) groups excluding carboxylic acids is 1. The van der Waals surface area contributed by atoms with Crippen LogP contribution in [0.1, 0.15) is 68.0 Å². The number of aliphatic carboxylic acids is 1. The third kappa shape index (κ3) is 7.95. The first kappa shape index (κ1) is 30.4. The van der Waals surface area contributed by atoms with Crippen molar-refractivity contribution in [3.8, 4) is 11.1 Å². The average molecular weight is 484 g/mol. The number of nitrogens with zero attached hydrogens (tertiary/aromatic N) is 1. The number of carboxylic acids is 1. The van der Waals surface area contributed by atoms with Gasteiger partial charge in [0.15, 0.2) is 0 Å². The fourth-order valence-electron chi connectivity index (χ4n) is 3.73. The number of hydrogen-bond acceptors (Lipinski definition) is 7. The quantitative estimate of drug-likeness (QED) is 0.297. The Kier molecular flexibility index (Phi) is 12.5. The summed E-state index contributed by atoms with van der Waals surface area (Å²) in [6, 6.07) is 5.77. The van der Waals surface area contributed by atoms with Gasteiger partial charge >= 0.3 is 29.6 Å². The van der Waals surface area contributed by atoms with E-state index in [4.69, 9.17) is 4.98 Å². The molecule has 2 aromatic rings. The van der Waals surface area contributed by atoms with Gasteiger partial charge in [-0.25, -0.2) is 4.39 Å². The van der Waals surface area contributed by atoms with Crippen molar-refractivity contribution in [3.63, 3.8) is 0 Å². The molecule has 3 atom stereocenters. The number of rotatable bonds is 11. The van der Waals surface area contributed by atoms with E-state index < -0.39 is 30.4 Å². The average Bonchev–Trinajstić information content (AvgIpc) is 2.75. The number of aliphatic hydroxyl groups is 4. The number of halogens is 1. The fourth-order valence-corrected chi connectivity index (χ4v) is 3.73. The van der Waals surface area contributed by atoms with Crippen LogP contribution < -0.4 is 34.7 Å². The number of aliphatic hydroxyl groups excluding tert-OH is 4. The van der Waals surface area contributed by atoms with Crippen molar-refractivity contribution in [2.75, 3.05) is 6.61 Å². The zero-order valence-corrected chi connectivity index (χ0v) is 22.0. The minimum absolute atomic E-state index is 0. The van der Waals surface area contributed by atoms with Gasteiger partial charge in [0, 0.05) is 35.9 Å². The van der Waals surface area contributed by atoms with Crippen LogP contribution in [-0.4, -0.2) is 50.2 Å². The Bertz CT molecular complexity index is 980. The molecule has 0 aliphatic rings. The summed E-state index contributed by atoms with van der Waals surface area (Å²) in [5.74, 6) is -2.25. The van der Waals surface area contributed by atoms with Crippen LogP contribution in [0, 0.1) is 5.82 Å². The third-order valence-electron chi connectivity index (χ3n) is 5.38. The van der Waals surface area contributed by atoms with Crippen molar-refractivity contribution in [3.05, 3.63) is 58.7 Å². The molecule has 0 aliphatic carbocycles. The van der Waals surface area contributed by atoms with E-state index in [1.807, 2.05) is 13.8 Å². The summed E-state index contributed by atoms with van der Waals surface area (Å²) in [4.78, 5) is 15.4. The van der Waals surface area contributed by atoms with Crippen LogP contribution in [0.25, 0.3) is 17.2 Å². The second-order valence-electron chi connectivity index (χ2n) is 8.44. The smallest absolute Gasteiger partial charge is 0.550 e. The van der Waals surface area contributed by atoms with Crippen molar-refractivity contribution in [1.82, 2.24) is 4.98 Å². The van der Waals surface area contributed by atoms with E-state index in [0.29, 0.717) is 33.6 Å². The molecule has 1 aromatic carbocycles. The Balaban J connectivity index is 0.00000578. The molecule has 7 nitrogen and oxygen atoms in total. The van der Waals surface area contributed by atoms with E-state index in [1.54, 1.807) is 25.1 Å². The van der Waals surface area contributed by atoms with Gasteiger partial charge in [0.25, 0.3) is 0 Å². The number of aromatic nitrogens is 1. The topological polar surface area (TPSA) is 134 Å². The molecule has 0 amide bonds. The second kappa shape index (κ2) is 14.0. The first-order chi connectivity index (χ1) is 15.6. The molecule has 1 aromatic heterocycles. The van der Waals surface area contributed by atoms with Crippen LogP contribution in [0.2, 0.25) is 0 Å². The Morgan fingerprint density at radius 2 is 1.74 bits per heavy atom. The molecule has 2 rings (SSSR count). The molecule has 1 heterocycles. The van der Waals surface area contributed by atoms with Crippen molar-refractivity contribution in [2.24, 2.45) is 0 Å². The second-order valence-corrected chi connectivity index (χ2v) is 8.44. The molecule has 0 aliphatic heterocycles. The molecule has 0 radical (unpaired) electrons. The number of carboxylic acid groups (broad SMARTS) is 1. The van der Waals surface area contributed by atoms with E-state index in [9.17, 15) is 34.7 Å². The zero-order valence-electron chi connectivity index (χ0n) is 20.0. The fraction of sp³-hybridized carbons (Fsp3) is 0.440. The van der Waals surface area contributed by atoms with Crippen LogP contribution >= 0.6 is 0 Å². The molecule has 4 N–H and O–H groups in total. The molecule has 0 fully saturated rings. The maximum atomic E-state index is 13.6. The minimum Gasteiger partial charge on any atom is -0.550 e. The normalized spacial score (nSPS) is 14.1. The van der Waals surface area contributed by atoms with Crippen LogP contribution in [0.5, 0.6) is 0 Å². The standard InChI is InChI=1S/C25H32FNO6.Na/c1-14(2)24-20(9-8-18(30)10-19(31)11-22(32)33)23(16-4-6-17(26)7-5-16)21(13-29)25(27-24)15(3)12-28;/h4-9,14-15,18-19,28-31H,10-13H2,1-3H3,(H,32,33);/q;+1/p-1/b9-8+;/t15-,18-,19-;/m1./s1. The summed E-state index contributed by atoms with van der Waals surface area (Å²) < 4.78 is 13.6. The number of hydrogen-bond donors (Lipinski definition) is 4. The molecule has 9 heteroatoms. The van der Waals surface area contributed by atoms with E-state index >= 15 is 0 Å². The summed E-state index contributed by atoms with van der Waals surface area (Å²) in [7, 11) is 0. The third-order valence-corrected chi connectivity index (χ3v) is 5.38. The van der Waals surface area contributed by atoms with E-state index in [-0.39, 0.29) is 61.0 Å². The molecular weight excluding hydrogens is 452 g/mol. The molecule has 0 spiro atoms. The Morgan fingerprint density at radius 1 is 1.12 bits per heavy atom. The van der Waals surface area contributed by atoms with E-state index in [2.05, 4.69) is 0 Å². The Morgan fingerprint density at radius 3 is 2.24 bits per heavy atom. The van der Waals surface area contributed by atoms with Gasteiger partial charge in [0.1, 0.15) is 5.82 Å². The summed E-state index contributed by atoms with van der Waals surface area (Å²) in [6.45, 7) is 5.11. The van der Waals surface area contributed by atoms with Gasteiger partial charge in [-0.15, -0.1) is 0 Å². The maximum absolute atomic E-state index is 13.6. The van der Waals surface area contributed by atoms with Gasteiger partial charge in [-0.05, 0) is 29.2 Å². The number of carbonyl (C=O) groups is 1. The first-order valence-electron chi connectivity index (χ1n) is 10.9. The number of benzene rings is 1. The summed E-state index contributed by atoms with van der Waals surface area (Å²) in [5, 5.41) is 50.7. The monoisotopic (exact) mass is 483 g/mol. The van der Waals surface area contributed by atoms with Crippen molar-refractivity contribution in [2.45, 2.75) is 64.3 Å². The Hall–Kier alpha value is -1.65. The SMILES string of the molecule is CC(C)c1nc([C@H](C)CO)c(CO)c(-c2ccc(F)cc2)c1/C=C/[C@@H](O)C[C@@H](O)CC(=O)[O-].[Na+]. The van der Waals surface area contributed by atoms with Crippen molar-refractivity contribution < 1.29 is 64.3 Å². The van der Waals surface area contributed by atoms with Crippen molar-refractivity contribution in [1.29, 1.82) is 0 Å². The Labute approximate surface area is 221 Å². The predicted molar refractivity (Wildman–Crippen MR) is 120 cm³/mol. The van der Waals surface area contributed by atoms with Crippen LogP contribution in [0.4, 0.5) is 4.39 Å². The van der Waals surface area contributed by atoms with Crippen LogP contribution in [0.15, 0.2) is 30.3 Å². The van der Waals surface area contributed by atoms with E-state index in [1.165, 1.54) is 18.2 Å². The molecule has 0 bridgehead atoms. The summed E-state index contributed by atoms with van der Waals surface area (Å²) in [6.07, 6.45) is -0.168. The van der Waals surface area contributed by atoms with Gasteiger partial charge in [-0.3, -0.25) is 4.98 Å². The maximum Gasteiger partial charge on any atom is 1.00 e.